The van der Waals surface area contributed by atoms with Crippen LogP contribution in [0.2, 0.25) is 5.02 Å². The summed E-state index contributed by atoms with van der Waals surface area (Å²) in [5.41, 5.74) is 6.43. The first-order chi connectivity index (χ1) is 9.06. The molecule has 0 radical (unpaired) electrons. The molecule has 1 aromatic heterocycles. The van der Waals surface area contributed by atoms with Gasteiger partial charge in [0.1, 0.15) is 6.61 Å². The van der Waals surface area contributed by atoms with Gasteiger partial charge in [0.15, 0.2) is 0 Å². The molecule has 0 aliphatic heterocycles. The van der Waals surface area contributed by atoms with Crippen LogP contribution in [0, 0.1) is 0 Å². The minimum Gasteiger partial charge on any atom is -0.478 e. The van der Waals surface area contributed by atoms with E-state index in [1.807, 2.05) is 6.07 Å². The van der Waals surface area contributed by atoms with Crippen LogP contribution in [0.1, 0.15) is 15.9 Å². The minimum absolute atomic E-state index is 0.0314. The number of carboxylic acids is 1. The molecule has 0 saturated heterocycles. The van der Waals surface area contributed by atoms with Crippen LogP contribution in [0.25, 0.3) is 0 Å². The fourth-order valence-electron chi connectivity index (χ4n) is 1.49. The molecule has 0 bridgehead atoms. The SMILES string of the molecule is Nc1cnc(OCc2cccc(Cl)c2)cc1C(=O)O. The molecule has 2 rings (SSSR count). The van der Waals surface area contributed by atoms with Gasteiger partial charge in [-0.25, -0.2) is 9.78 Å². The minimum atomic E-state index is -1.12. The van der Waals surface area contributed by atoms with Crippen LogP contribution in [-0.2, 0) is 6.61 Å². The Kier molecular flexibility index (Phi) is 3.87. The normalized spacial score (nSPS) is 10.2. The van der Waals surface area contributed by atoms with E-state index in [1.54, 1.807) is 18.2 Å². The molecule has 19 heavy (non-hydrogen) atoms. The van der Waals surface area contributed by atoms with Crippen molar-refractivity contribution < 1.29 is 14.6 Å². The molecule has 98 valence electrons. The van der Waals surface area contributed by atoms with Crippen molar-refractivity contribution in [1.82, 2.24) is 4.98 Å². The quantitative estimate of drug-likeness (QED) is 0.898. The Bertz CT molecular complexity index is 617. The topological polar surface area (TPSA) is 85.4 Å². The molecule has 0 amide bonds. The summed E-state index contributed by atoms with van der Waals surface area (Å²) in [7, 11) is 0. The van der Waals surface area contributed by atoms with Crippen LogP contribution in [-0.4, -0.2) is 16.1 Å². The highest BCUT2D eigenvalue weighted by molar-refractivity contribution is 6.30. The highest BCUT2D eigenvalue weighted by Gasteiger charge is 2.10. The Balaban J connectivity index is 2.12. The Hall–Kier alpha value is -2.27. The third-order valence-electron chi connectivity index (χ3n) is 2.42. The second-order valence-corrected chi connectivity index (χ2v) is 4.27. The second-order valence-electron chi connectivity index (χ2n) is 3.83. The number of ether oxygens (including phenoxy) is 1. The van der Waals surface area contributed by atoms with E-state index >= 15 is 0 Å². The number of hydrogen-bond donors (Lipinski definition) is 2. The number of hydrogen-bond acceptors (Lipinski definition) is 4. The number of aromatic carboxylic acids is 1. The molecule has 0 saturated carbocycles. The molecule has 0 spiro atoms. The molecule has 2 aromatic rings. The van der Waals surface area contributed by atoms with Crippen LogP contribution >= 0.6 is 11.6 Å². The predicted molar refractivity (Wildman–Crippen MR) is 71.4 cm³/mol. The molecule has 0 aliphatic carbocycles. The zero-order valence-corrected chi connectivity index (χ0v) is 10.6. The molecule has 0 unspecified atom stereocenters. The van der Waals surface area contributed by atoms with Gasteiger partial charge in [-0.1, -0.05) is 23.7 Å². The highest BCUT2D eigenvalue weighted by Crippen LogP contribution is 2.18. The van der Waals surface area contributed by atoms with Gasteiger partial charge in [0.05, 0.1) is 17.4 Å². The summed E-state index contributed by atoms with van der Waals surface area (Å²) in [4.78, 5) is 14.8. The molecule has 0 atom stereocenters. The maximum atomic E-state index is 10.9. The lowest BCUT2D eigenvalue weighted by molar-refractivity contribution is 0.0697. The second kappa shape index (κ2) is 5.58. The Morgan fingerprint density at radius 2 is 2.21 bits per heavy atom. The van der Waals surface area contributed by atoms with E-state index in [1.165, 1.54) is 12.3 Å². The first kappa shape index (κ1) is 13.2. The zero-order valence-electron chi connectivity index (χ0n) is 9.84. The highest BCUT2D eigenvalue weighted by atomic mass is 35.5. The van der Waals surface area contributed by atoms with Gasteiger partial charge < -0.3 is 15.6 Å². The lowest BCUT2D eigenvalue weighted by Crippen LogP contribution is -2.05. The first-order valence-electron chi connectivity index (χ1n) is 5.42. The van der Waals surface area contributed by atoms with E-state index < -0.39 is 5.97 Å². The van der Waals surface area contributed by atoms with Gasteiger partial charge in [-0.15, -0.1) is 0 Å². The van der Waals surface area contributed by atoms with E-state index in [2.05, 4.69) is 4.98 Å². The lowest BCUT2D eigenvalue weighted by Gasteiger charge is -2.07. The summed E-state index contributed by atoms with van der Waals surface area (Å²) < 4.78 is 5.40. The number of carbonyl (C=O) groups is 1. The fraction of sp³-hybridized carbons (Fsp3) is 0.0769. The van der Waals surface area contributed by atoms with Gasteiger partial charge in [-0.05, 0) is 17.7 Å². The maximum Gasteiger partial charge on any atom is 0.338 e. The van der Waals surface area contributed by atoms with Crippen molar-refractivity contribution in [1.29, 1.82) is 0 Å². The van der Waals surface area contributed by atoms with Crippen LogP contribution in [0.3, 0.4) is 0 Å². The summed E-state index contributed by atoms with van der Waals surface area (Å²) >= 11 is 5.85. The van der Waals surface area contributed by atoms with Crippen LogP contribution in [0.5, 0.6) is 5.88 Å². The van der Waals surface area contributed by atoms with Crippen molar-refractivity contribution in [3.8, 4) is 5.88 Å². The van der Waals surface area contributed by atoms with E-state index in [-0.39, 0.29) is 23.7 Å². The van der Waals surface area contributed by atoms with Gasteiger partial charge >= 0.3 is 5.97 Å². The Morgan fingerprint density at radius 1 is 1.42 bits per heavy atom. The number of halogens is 1. The zero-order chi connectivity index (χ0) is 13.8. The van der Waals surface area contributed by atoms with Crippen LogP contribution in [0.4, 0.5) is 5.69 Å². The Morgan fingerprint density at radius 3 is 2.89 bits per heavy atom. The number of aromatic nitrogens is 1. The van der Waals surface area contributed by atoms with Crippen molar-refractivity contribution in [3.05, 3.63) is 52.7 Å². The molecular formula is C13H11ClN2O3. The van der Waals surface area contributed by atoms with Gasteiger partial charge in [0.25, 0.3) is 0 Å². The molecule has 1 heterocycles. The summed E-state index contributed by atoms with van der Waals surface area (Å²) in [6.45, 7) is 0.247. The number of pyridine rings is 1. The molecule has 1 aromatic carbocycles. The van der Waals surface area contributed by atoms with Crippen molar-refractivity contribution in [2.45, 2.75) is 6.61 Å². The lowest BCUT2D eigenvalue weighted by atomic mass is 10.2. The Labute approximate surface area is 114 Å². The fourth-order valence-corrected chi connectivity index (χ4v) is 1.71. The van der Waals surface area contributed by atoms with Crippen molar-refractivity contribution in [3.63, 3.8) is 0 Å². The predicted octanol–water partition coefficient (Wildman–Crippen LogP) is 2.59. The van der Waals surface area contributed by atoms with Gasteiger partial charge in [0, 0.05) is 11.1 Å². The average Bonchev–Trinajstić information content (AvgIpc) is 2.37. The van der Waals surface area contributed by atoms with Crippen molar-refractivity contribution >= 4 is 23.3 Å². The van der Waals surface area contributed by atoms with E-state index in [9.17, 15) is 4.79 Å². The molecule has 5 nitrogen and oxygen atoms in total. The number of nitrogens with zero attached hydrogens (tertiary/aromatic N) is 1. The maximum absolute atomic E-state index is 10.9. The molecule has 0 fully saturated rings. The number of carboxylic acid groups (broad SMARTS) is 1. The molecule has 3 N–H and O–H groups in total. The van der Waals surface area contributed by atoms with Crippen LogP contribution < -0.4 is 10.5 Å². The third-order valence-corrected chi connectivity index (χ3v) is 2.65. The number of anilines is 1. The molecular weight excluding hydrogens is 268 g/mol. The van der Waals surface area contributed by atoms with Crippen molar-refractivity contribution in [2.75, 3.05) is 5.73 Å². The smallest absolute Gasteiger partial charge is 0.338 e. The summed E-state index contributed by atoms with van der Waals surface area (Å²) in [6, 6.07) is 8.47. The van der Waals surface area contributed by atoms with E-state index in [4.69, 9.17) is 27.2 Å². The molecule has 0 aliphatic rings. The van der Waals surface area contributed by atoms with Crippen LogP contribution in [0.15, 0.2) is 36.5 Å². The third kappa shape index (κ3) is 3.35. The van der Waals surface area contributed by atoms with Gasteiger partial charge in [0.2, 0.25) is 5.88 Å². The number of benzene rings is 1. The van der Waals surface area contributed by atoms with Gasteiger partial charge in [-0.3, -0.25) is 0 Å². The van der Waals surface area contributed by atoms with Crippen molar-refractivity contribution in [2.24, 2.45) is 0 Å². The van der Waals surface area contributed by atoms with Gasteiger partial charge in [-0.2, -0.15) is 0 Å². The average molecular weight is 279 g/mol. The number of rotatable bonds is 4. The largest absolute Gasteiger partial charge is 0.478 e. The first-order valence-corrected chi connectivity index (χ1v) is 5.80. The molecule has 6 heteroatoms. The summed E-state index contributed by atoms with van der Waals surface area (Å²) in [5.74, 6) is -0.918. The monoisotopic (exact) mass is 278 g/mol. The summed E-state index contributed by atoms with van der Waals surface area (Å²) in [6.07, 6.45) is 1.26. The standard InChI is InChI=1S/C13H11ClN2O3/c14-9-3-1-2-8(4-9)7-19-12-5-10(13(17)18)11(15)6-16-12/h1-6H,7,15H2,(H,17,18). The number of nitrogen functional groups attached to an aromatic ring is 1. The van der Waals surface area contributed by atoms with E-state index in [0.717, 1.165) is 5.56 Å². The van der Waals surface area contributed by atoms with E-state index in [0.29, 0.717) is 5.02 Å². The summed E-state index contributed by atoms with van der Waals surface area (Å²) in [5, 5.41) is 9.54. The number of nitrogens with two attached hydrogens (primary N) is 1.